The number of ether oxygens (including phenoxy) is 3. The summed E-state index contributed by atoms with van der Waals surface area (Å²) in [6, 6.07) is 5.10. The van der Waals surface area contributed by atoms with E-state index in [2.05, 4.69) is 5.32 Å². The van der Waals surface area contributed by atoms with Crippen molar-refractivity contribution >= 4 is 5.91 Å². The van der Waals surface area contributed by atoms with E-state index in [4.69, 9.17) is 14.2 Å². The van der Waals surface area contributed by atoms with E-state index in [1.807, 2.05) is 0 Å². The number of methoxy groups -OCH3 is 2. The maximum absolute atomic E-state index is 11.9. The summed E-state index contributed by atoms with van der Waals surface area (Å²) >= 11 is 0. The van der Waals surface area contributed by atoms with Crippen molar-refractivity contribution in [1.82, 2.24) is 5.32 Å². The van der Waals surface area contributed by atoms with E-state index in [0.29, 0.717) is 30.2 Å². The van der Waals surface area contributed by atoms with Crippen molar-refractivity contribution < 1.29 is 24.1 Å². The predicted octanol–water partition coefficient (Wildman–Crippen LogP) is 1.28. The van der Waals surface area contributed by atoms with Crippen LogP contribution < -0.4 is 14.8 Å². The minimum atomic E-state index is -0.699. The fraction of sp³-hybridized carbons (Fsp3) is 0.533. The molecule has 0 aliphatic heterocycles. The first kappa shape index (κ1) is 17.3. The Morgan fingerprint density at radius 3 is 2.62 bits per heavy atom. The van der Waals surface area contributed by atoms with E-state index >= 15 is 0 Å². The van der Waals surface area contributed by atoms with Gasteiger partial charge in [-0.1, -0.05) is 0 Å². The Hall–Kier alpha value is -1.79. The molecule has 6 nitrogen and oxygen atoms in total. The van der Waals surface area contributed by atoms with Gasteiger partial charge in [0.1, 0.15) is 11.5 Å². The second kappa shape index (κ2) is 8.49. The van der Waals surface area contributed by atoms with E-state index in [1.54, 1.807) is 46.3 Å². The van der Waals surface area contributed by atoms with Crippen molar-refractivity contribution in [1.29, 1.82) is 0 Å². The Bertz CT molecular complexity index is 461. The van der Waals surface area contributed by atoms with Gasteiger partial charge in [-0.3, -0.25) is 4.79 Å². The summed E-state index contributed by atoms with van der Waals surface area (Å²) in [5.74, 6) is 0.784. The smallest absolute Gasteiger partial charge is 0.260 e. The lowest BCUT2D eigenvalue weighted by molar-refractivity contribution is -0.127. The minimum Gasteiger partial charge on any atom is -0.497 e. The summed E-state index contributed by atoms with van der Waals surface area (Å²) in [4.78, 5) is 11.9. The third-order valence-corrected chi connectivity index (χ3v) is 2.95. The molecule has 118 valence electrons. The topological polar surface area (TPSA) is 77.0 Å². The van der Waals surface area contributed by atoms with Crippen LogP contribution in [0.5, 0.6) is 11.5 Å². The second-order valence-corrected chi connectivity index (χ2v) is 4.62. The van der Waals surface area contributed by atoms with Crippen molar-refractivity contribution in [2.24, 2.45) is 0 Å². The van der Waals surface area contributed by atoms with Gasteiger partial charge in [0.15, 0.2) is 6.10 Å². The molecule has 0 heterocycles. The van der Waals surface area contributed by atoms with Crippen molar-refractivity contribution in [2.75, 3.05) is 27.4 Å². The van der Waals surface area contributed by atoms with Crippen LogP contribution in [-0.4, -0.2) is 44.5 Å². The molecule has 21 heavy (non-hydrogen) atoms. The normalized spacial score (nSPS) is 13.4. The molecule has 0 aliphatic rings. The van der Waals surface area contributed by atoms with Gasteiger partial charge in [-0.25, -0.2) is 0 Å². The molecule has 0 fully saturated rings. The number of aliphatic hydroxyl groups is 1. The number of benzene rings is 1. The number of nitrogens with one attached hydrogen (secondary N) is 1. The number of hydrogen-bond donors (Lipinski definition) is 2. The van der Waals surface area contributed by atoms with Crippen LogP contribution in [0, 0.1) is 0 Å². The molecule has 2 N–H and O–H groups in total. The van der Waals surface area contributed by atoms with Gasteiger partial charge in [0.05, 0.1) is 19.8 Å². The van der Waals surface area contributed by atoms with Crippen molar-refractivity contribution in [3.05, 3.63) is 23.8 Å². The van der Waals surface area contributed by atoms with Gasteiger partial charge in [-0.05, 0) is 26.0 Å². The molecule has 0 spiro atoms. The summed E-state index contributed by atoms with van der Waals surface area (Å²) in [7, 11) is 3.11. The molecule has 1 aromatic rings. The molecule has 0 aliphatic carbocycles. The van der Waals surface area contributed by atoms with Crippen LogP contribution in [0.25, 0.3) is 0 Å². The monoisotopic (exact) mass is 297 g/mol. The largest absolute Gasteiger partial charge is 0.497 e. The Morgan fingerprint density at radius 2 is 2.05 bits per heavy atom. The first-order chi connectivity index (χ1) is 9.99. The van der Waals surface area contributed by atoms with Crippen molar-refractivity contribution in [3.8, 4) is 11.5 Å². The summed E-state index contributed by atoms with van der Waals surface area (Å²) in [5.41, 5.74) is 0.604. The highest BCUT2D eigenvalue weighted by molar-refractivity contribution is 5.80. The molecule has 2 unspecified atom stereocenters. The number of carbonyl (C=O) groups excluding carboxylic acids is 1. The van der Waals surface area contributed by atoms with Gasteiger partial charge in [-0.2, -0.15) is 0 Å². The molecule has 2 atom stereocenters. The molecule has 0 saturated carbocycles. The highest BCUT2D eigenvalue weighted by Crippen LogP contribution is 2.30. The van der Waals surface area contributed by atoms with E-state index in [1.165, 1.54) is 0 Å². The third kappa shape index (κ3) is 5.24. The lowest BCUT2D eigenvalue weighted by atomic mass is 10.1. The molecule has 1 rings (SSSR count). The van der Waals surface area contributed by atoms with E-state index < -0.39 is 12.2 Å². The van der Waals surface area contributed by atoms with Crippen LogP contribution in [0.4, 0.5) is 0 Å². The van der Waals surface area contributed by atoms with Crippen LogP contribution in [-0.2, 0) is 9.53 Å². The van der Waals surface area contributed by atoms with Gasteiger partial charge in [0.2, 0.25) is 0 Å². The number of amides is 1. The number of aliphatic hydroxyl groups excluding tert-OH is 1. The quantitative estimate of drug-likeness (QED) is 0.707. The summed E-state index contributed by atoms with van der Waals surface area (Å²) in [6.07, 6.45) is -1.39. The molecular weight excluding hydrogens is 274 g/mol. The molecule has 0 radical (unpaired) electrons. The van der Waals surface area contributed by atoms with E-state index in [0.717, 1.165) is 0 Å². The first-order valence-corrected chi connectivity index (χ1v) is 6.79. The number of rotatable bonds is 8. The van der Waals surface area contributed by atoms with Crippen LogP contribution in [0.2, 0.25) is 0 Å². The van der Waals surface area contributed by atoms with E-state index in [-0.39, 0.29) is 5.91 Å². The number of carbonyl (C=O) groups is 1. The number of hydrogen-bond acceptors (Lipinski definition) is 5. The molecule has 6 heteroatoms. The highest BCUT2D eigenvalue weighted by atomic mass is 16.5. The van der Waals surface area contributed by atoms with Gasteiger partial charge in [-0.15, -0.1) is 0 Å². The molecule has 0 saturated heterocycles. The van der Waals surface area contributed by atoms with Gasteiger partial charge < -0.3 is 24.6 Å². The van der Waals surface area contributed by atoms with Crippen LogP contribution in [0.3, 0.4) is 0 Å². The lowest BCUT2D eigenvalue weighted by Crippen LogP contribution is -2.38. The second-order valence-electron chi connectivity index (χ2n) is 4.62. The zero-order chi connectivity index (χ0) is 15.8. The maximum atomic E-state index is 11.9. The van der Waals surface area contributed by atoms with Gasteiger partial charge in [0.25, 0.3) is 5.91 Å². The Balaban J connectivity index is 2.77. The Morgan fingerprint density at radius 1 is 1.33 bits per heavy atom. The lowest BCUT2D eigenvalue weighted by Gasteiger charge is -2.19. The molecule has 0 aromatic heterocycles. The van der Waals surface area contributed by atoms with Crippen LogP contribution in [0.15, 0.2) is 18.2 Å². The highest BCUT2D eigenvalue weighted by Gasteiger charge is 2.18. The average molecular weight is 297 g/mol. The zero-order valence-corrected chi connectivity index (χ0v) is 12.9. The van der Waals surface area contributed by atoms with Crippen molar-refractivity contribution in [3.63, 3.8) is 0 Å². The molecular formula is C15H23NO5. The van der Waals surface area contributed by atoms with E-state index in [9.17, 15) is 9.90 Å². The predicted molar refractivity (Wildman–Crippen MR) is 78.6 cm³/mol. The molecule has 1 amide bonds. The SMILES string of the molecule is COCCNC(=O)C(C)Oc1cc(OC)ccc1C(C)O. The van der Waals surface area contributed by atoms with Crippen LogP contribution in [0.1, 0.15) is 25.5 Å². The third-order valence-electron chi connectivity index (χ3n) is 2.95. The molecule has 0 bridgehead atoms. The van der Waals surface area contributed by atoms with Crippen LogP contribution >= 0.6 is 0 Å². The maximum Gasteiger partial charge on any atom is 0.260 e. The summed E-state index contributed by atoms with van der Waals surface area (Å²) in [5, 5.41) is 12.5. The fourth-order valence-corrected chi connectivity index (χ4v) is 1.75. The van der Waals surface area contributed by atoms with Gasteiger partial charge in [0, 0.05) is 25.3 Å². The summed E-state index contributed by atoms with van der Waals surface area (Å²) < 4.78 is 15.6. The molecule has 1 aromatic carbocycles. The van der Waals surface area contributed by atoms with Crippen molar-refractivity contribution in [2.45, 2.75) is 26.1 Å². The Labute approximate surface area is 125 Å². The standard InChI is InChI=1S/C15H23NO5/c1-10(17)13-6-5-12(20-4)9-14(13)21-11(2)15(18)16-7-8-19-3/h5-6,9-11,17H,7-8H2,1-4H3,(H,16,18). The summed E-state index contributed by atoms with van der Waals surface area (Å²) in [6.45, 7) is 4.15. The minimum absolute atomic E-state index is 0.244. The zero-order valence-electron chi connectivity index (χ0n) is 12.9. The van der Waals surface area contributed by atoms with Gasteiger partial charge >= 0.3 is 0 Å². The Kier molecular flexibility index (Phi) is 6.98. The average Bonchev–Trinajstić information content (AvgIpc) is 2.46. The first-order valence-electron chi connectivity index (χ1n) is 6.79. The fourth-order valence-electron chi connectivity index (χ4n) is 1.75.